The summed E-state index contributed by atoms with van der Waals surface area (Å²) in [5.74, 6) is 1.45. The van der Waals surface area contributed by atoms with Crippen LogP contribution in [0.5, 0.6) is 11.5 Å². The molecular weight excluding hydrogens is 346 g/mol. The summed E-state index contributed by atoms with van der Waals surface area (Å²) in [6.07, 6.45) is 0.402. The molecule has 0 aliphatic carbocycles. The number of urea groups is 1. The fraction of sp³-hybridized carbons (Fsp3) is 0.300. The van der Waals surface area contributed by atoms with Gasteiger partial charge in [-0.3, -0.25) is 4.79 Å². The number of carbonyl (C=O) groups is 2. The van der Waals surface area contributed by atoms with Gasteiger partial charge in [0.05, 0.1) is 0 Å². The third-order valence-corrected chi connectivity index (χ3v) is 4.73. The van der Waals surface area contributed by atoms with Crippen molar-refractivity contribution in [3.63, 3.8) is 0 Å². The number of rotatable bonds is 4. The fourth-order valence-corrected chi connectivity index (χ4v) is 3.27. The van der Waals surface area contributed by atoms with Gasteiger partial charge >= 0.3 is 6.03 Å². The van der Waals surface area contributed by atoms with Gasteiger partial charge in [-0.2, -0.15) is 0 Å². The molecule has 4 rings (SSSR count). The Morgan fingerprint density at radius 1 is 1.15 bits per heavy atom. The normalized spacial score (nSPS) is 17.9. The second kappa shape index (κ2) is 7.19. The molecule has 140 valence electrons. The number of aryl methyl sites for hydroxylation is 1. The predicted molar refractivity (Wildman–Crippen MR) is 101 cm³/mol. The molecule has 0 radical (unpaired) electrons. The third kappa shape index (κ3) is 3.81. The van der Waals surface area contributed by atoms with E-state index >= 15 is 0 Å². The Kier molecular flexibility index (Phi) is 4.58. The summed E-state index contributed by atoms with van der Waals surface area (Å²) in [4.78, 5) is 26.2. The van der Waals surface area contributed by atoms with Crippen molar-refractivity contribution < 1.29 is 19.1 Å². The molecule has 0 bridgehead atoms. The summed E-state index contributed by atoms with van der Waals surface area (Å²) in [7, 11) is 0. The van der Waals surface area contributed by atoms with Crippen LogP contribution in [0, 0.1) is 12.8 Å². The number of fused-ring (bicyclic) bond motifs is 1. The largest absolute Gasteiger partial charge is 0.454 e. The molecule has 1 atom stereocenters. The van der Waals surface area contributed by atoms with Crippen molar-refractivity contribution >= 4 is 23.3 Å². The maximum Gasteiger partial charge on any atom is 0.319 e. The lowest BCUT2D eigenvalue weighted by molar-refractivity contribution is -0.117. The minimum atomic E-state index is -0.271. The Bertz CT molecular complexity index is 866. The maximum absolute atomic E-state index is 12.4. The summed E-state index contributed by atoms with van der Waals surface area (Å²) in [6.45, 7) is 3.19. The van der Waals surface area contributed by atoms with E-state index in [0.717, 1.165) is 16.9 Å². The maximum atomic E-state index is 12.4. The highest BCUT2D eigenvalue weighted by Gasteiger charge is 2.31. The lowest BCUT2D eigenvalue weighted by Gasteiger charge is -2.17. The van der Waals surface area contributed by atoms with Gasteiger partial charge in [-0.05, 0) is 31.2 Å². The zero-order chi connectivity index (χ0) is 18.8. The van der Waals surface area contributed by atoms with E-state index in [-0.39, 0.29) is 24.6 Å². The average Bonchev–Trinajstić information content (AvgIpc) is 3.27. The molecule has 3 amide bonds. The molecule has 2 aliphatic heterocycles. The zero-order valence-electron chi connectivity index (χ0n) is 15.0. The molecule has 0 unspecified atom stereocenters. The van der Waals surface area contributed by atoms with Gasteiger partial charge in [-0.15, -0.1) is 0 Å². The van der Waals surface area contributed by atoms with Crippen molar-refractivity contribution in [1.29, 1.82) is 0 Å². The number of ether oxygens (including phenoxy) is 2. The smallest absolute Gasteiger partial charge is 0.319 e. The van der Waals surface area contributed by atoms with Gasteiger partial charge in [-0.25, -0.2) is 4.79 Å². The fourth-order valence-electron chi connectivity index (χ4n) is 3.27. The van der Waals surface area contributed by atoms with Crippen LogP contribution < -0.4 is 25.0 Å². The highest BCUT2D eigenvalue weighted by Crippen LogP contribution is 2.37. The molecule has 2 aromatic rings. The molecule has 7 heteroatoms. The summed E-state index contributed by atoms with van der Waals surface area (Å²) in [5, 5.41) is 5.64. The van der Waals surface area contributed by atoms with Gasteiger partial charge in [0.15, 0.2) is 11.5 Å². The second-order valence-electron chi connectivity index (χ2n) is 6.81. The SMILES string of the molecule is Cc1ccc(NC(=O)NC[C@@H]2CC(=O)N(c3ccc4c(c3)OCO4)C2)cc1. The number of hydrogen-bond donors (Lipinski definition) is 2. The number of hydrogen-bond acceptors (Lipinski definition) is 4. The van der Waals surface area contributed by atoms with E-state index in [0.29, 0.717) is 31.0 Å². The lowest BCUT2D eigenvalue weighted by Crippen LogP contribution is -2.34. The van der Waals surface area contributed by atoms with Crippen molar-refractivity contribution in [3.05, 3.63) is 48.0 Å². The molecular formula is C20H21N3O4. The van der Waals surface area contributed by atoms with Crippen LogP contribution in [0.25, 0.3) is 0 Å². The number of amides is 3. The standard InChI is InChI=1S/C20H21N3O4/c1-13-2-4-15(5-3-13)22-20(25)21-10-14-8-19(24)23(11-14)16-6-7-17-18(9-16)27-12-26-17/h2-7,9,14H,8,10-12H2,1H3,(H2,21,22,25)/t14-/m0/s1. The molecule has 1 saturated heterocycles. The number of nitrogens with one attached hydrogen (secondary N) is 2. The first kappa shape index (κ1) is 17.2. The third-order valence-electron chi connectivity index (χ3n) is 4.73. The number of anilines is 2. The Labute approximate surface area is 157 Å². The van der Waals surface area contributed by atoms with E-state index < -0.39 is 0 Å². The molecule has 2 aromatic carbocycles. The van der Waals surface area contributed by atoms with E-state index in [2.05, 4.69) is 10.6 Å². The molecule has 0 saturated carbocycles. The van der Waals surface area contributed by atoms with Crippen LogP contribution in [0.4, 0.5) is 16.2 Å². The number of benzene rings is 2. The molecule has 2 N–H and O–H groups in total. The van der Waals surface area contributed by atoms with E-state index in [4.69, 9.17) is 9.47 Å². The number of carbonyl (C=O) groups excluding carboxylic acids is 2. The number of nitrogens with zero attached hydrogens (tertiary/aromatic N) is 1. The van der Waals surface area contributed by atoms with Crippen LogP contribution in [-0.2, 0) is 4.79 Å². The zero-order valence-corrected chi connectivity index (χ0v) is 15.0. The molecule has 2 heterocycles. The summed E-state index contributed by atoms with van der Waals surface area (Å²) in [5.41, 5.74) is 2.66. The molecule has 2 aliphatic rings. The Hall–Kier alpha value is -3.22. The highest BCUT2D eigenvalue weighted by molar-refractivity contribution is 5.96. The Morgan fingerprint density at radius 2 is 1.93 bits per heavy atom. The van der Waals surface area contributed by atoms with Gasteiger partial charge < -0.3 is 25.0 Å². The van der Waals surface area contributed by atoms with Crippen molar-refractivity contribution in [3.8, 4) is 11.5 Å². The van der Waals surface area contributed by atoms with Crippen LogP contribution in [0.2, 0.25) is 0 Å². The van der Waals surface area contributed by atoms with Gasteiger partial charge in [0.2, 0.25) is 12.7 Å². The van der Waals surface area contributed by atoms with Crippen molar-refractivity contribution in [2.75, 3.05) is 30.1 Å². The average molecular weight is 367 g/mol. The van der Waals surface area contributed by atoms with Gasteiger partial charge in [0.25, 0.3) is 0 Å². The summed E-state index contributed by atoms with van der Waals surface area (Å²) < 4.78 is 10.7. The van der Waals surface area contributed by atoms with E-state index in [1.54, 1.807) is 4.90 Å². The summed E-state index contributed by atoms with van der Waals surface area (Å²) in [6, 6.07) is 12.8. The lowest BCUT2D eigenvalue weighted by atomic mass is 10.1. The first-order valence-corrected chi connectivity index (χ1v) is 8.90. The van der Waals surface area contributed by atoms with Crippen molar-refractivity contribution in [1.82, 2.24) is 5.32 Å². The van der Waals surface area contributed by atoms with Crippen LogP contribution >= 0.6 is 0 Å². The topological polar surface area (TPSA) is 79.9 Å². The monoisotopic (exact) mass is 367 g/mol. The van der Waals surface area contributed by atoms with E-state index in [1.807, 2.05) is 49.4 Å². The van der Waals surface area contributed by atoms with Crippen LogP contribution in [0.1, 0.15) is 12.0 Å². The minimum Gasteiger partial charge on any atom is -0.454 e. The van der Waals surface area contributed by atoms with E-state index in [9.17, 15) is 9.59 Å². The predicted octanol–water partition coefficient (Wildman–Crippen LogP) is 2.90. The minimum absolute atomic E-state index is 0.0413. The first-order valence-electron chi connectivity index (χ1n) is 8.90. The molecule has 7 nitrogen and oxygen atoms in total. The van der Waals surface area contributed by atoms with Crippen LogP contribution in [0.15, 0.2) is 42.5 Å². The second-order valence-corrected chi connectivity index (χ2v) is 6.81. The van der Waals surface area contributed by atoms with Gasteiger partial charge in [-0.1, -0.05) is 17.7 Å². The quantitative estimate of drug-likeness (QED) is 0.871. The molecule has 27 heavy (non-hydrogen) atoms. The van der Waals surface area contributed by atoms with Gasteiger partial charge in [0.1, 0.15) is 0 Å². The van der Waals surface area contributed by atoms with E-state index in [1.165, 1.54) is 0 Å². The summed E-state index contributed by atoms with van der Waals surface area (Å²) >= 11 is 0. The van der Waals surface area contributed by atoms with Crippen LogP contribution in [-0.4, -0.2) is 31.8 Å². The Balaban J connectivity index is 1.31. The molecule has 0 aromatic heterocycles. The first-order chi connectivity index (χ1) is 13.1. The molecule has 0 spiro atoms. The van der Waals surface area contributed by atoms with Crippen LogP contribution in [0.3, 0.4) is 0 Å². The van der Waals surface area contributed by atoms with Crippen molar-refractivity contribution in [2.45, 2.75) is 13.3 Å². The van der Waals surface area contributed by atoms with Gasteiger partial charge in [0, 0.05) is 42.9 Å². The highest BCUT2D eigenvalue weighted by atomic mass is 16.7. The molecule has 1 fully saturated rings. The Morgan fingerprint density at radius 3 is 2.74 bits per heavy atom. The van der Waals surface area contributed by atoms with Crippen molar-refractivity contribution in [2.24, 2.45) is 5.92 Å².